The number of carbonyl (C=O) groups is 3. The summed E-state index contributed by atoms with van der Waals surface area (Å²) in [7, 11) is -10.3. The van der Waals surface area contributed by atoms with Crippen LogP contribution in [0.2, 0.25) is 0 Å². The van der Waals surface area contributed by atoms with E-state index in [4.69, 9.17) is 49.0 Å². The van der Waals surface area contributed by atoms with E-state index in [2.05, 4.69) is 29.6 Å². The number of ketones is 1. The Morgan fingerprint density at radius 3 is 1.82 bits per heavy atom. The molecule has 0 saturated carbocycles. The Balaban J connectivity index is 0.00000551. The molecule has 3 rings (SSSR count). The van der Waals surface area contributed by atoms with Gasteiger partial charge in [-0.05, 0) is 49.8 Å². The highest BCUT2D eigenvalue weighted by Crippen LogP contribution is 2.61. The summed E-state index contributed by atoms with van der Waals surface area (Å²) in [6.07, 6.45) is 1.24. The minimum atomic E-state index is -5.15. The molecule has 19 nitrogen and oxygen atoms in total. The van der Waals surface area contributed by atoms with Crippen molar-refractivity contribution in [2.45, 2.75) is 72.1 Å². The Kier molecular flexibility index (Phi) is 21.8. The van der Waals surface area contributed by atoms with Crippen LogP contribution in [0.4, 0.5) is 5.69 Å². The van der Waals surface area contributed by atoms with Gasteiger partial charge in [-0.3, -0.25) is 23.5 Å². The number of ether oxygens (including phenoxy) is 5. The molecule has 0 fully saturated rings. The van der Waals surface area contributed by atoms with Gasteiger partial charge >= 0.3 is 15.2 Å². The molecular formula is C36H61N5O14P2. The number of nitrogens with zero attached hydrogens (tertiary/aromatic N) is 2. The number of amides is 2. The van der Waals surface area contributed by atoms with Crippen molar-refractivity contribution in [3.8, 4) is 5.69 Å². The van der Waals surface area contributed by atoms with Gasteiger partial charge in [0.05, 0.1) is 87.5 Å². The smallest absolute Gasteiger partial charge is 0.341 e. The molecule has 0 spiro atoms. The van der Waals surface area contributed by atoms with Gasteiger partial charge in [-0.15, -0.1) is 0 Å². The molecule has 1 heterocycles. The van der Waals surface area contributed by atoms with Crippen LogP contribution < -0.4 is 16.4 Å². The summed E-state index contributed by atoms with van der Waals surface area (Å²) < 4.78 is 51.7. The van der Waals surface area contributed by atoms with Crippen LogP contribution in [-0.2, 0) is 44.0 Å². The quantitative estimate of drug-likeness (QED) is 0.0503. The Morgan fingerprint density at radius 1 is 0.842 bits per heavy atom. The van der Waals surface area contributed by atoms with Gasteiger partial charge in [0.2, 0.25) is 5.91 Å². The van der Waals surface area contributed by atoms with Gasteiger partial charge in [-0.2, -0.15) is 5.10 Å². The van der Waals surface area contributed by atoms with Crippen LogP contribution in [0.5, 0.6) is 0 Å². The summed E-state index contributed by atoms with van der Waals surface area (Å²) >= 11 is 0. The van der Waals surface area contributed by atoms with E-state index in [9.17, 15) is 23.5 Å². The third kappa shape index (κ3) is 17.8. The first-order valence-corrected chi connectivity index (χ1v) is 22.3. The maximum atomic E-state index is 12.8. The highest BCUT2D eigenvalue weighted by Gasteiger charge is 2.44. The highest BCUT2D eigenvalue weighted by molar-refractivity contribution is 7.70. The average Bonchev–Trinajstić information content (AvgIpc) is 3.45. The molecule has 0 bridgehead atoms. The molecular weight excluding hydrogens is 788 g/mol. The highest BCUT2D eigenvalue weighted by atomic mass is 31.2. The number of aromatic nitrogens is 2. The van der Waals surface area contributed by atoms with Crippen LogP contribution in [0.1, 0.15) is 85.5 Å². The van der Waals surface area contributed by atoms with Crippen molar-refractivity contribution >= 4 is 38.5 Å². The third-order valence-electron chi connectivity index (χ3n) is 8.43. The van der Waals surface area contributed by atoms with E-state index >= 15 is 0 Å². The average molecular weight is 850 g/mol. The van der Waals surface area contributed by atoms with Crippen molar-refractivity contribution < 1.29 is 66.8 Å². The Hall–Kier alpha value is -3.06. The summed E-state index contributed by atoms with van der Waals surface area (Å²) in [5.41, 5.74) is 9.39. The zero-order chi connectivity index (χ0) is 42.6. The number of Topliss-reactive ketones (excluding diaryl/α,β-unsaturated/α-hetero) is 1. The van der Waals surface area contributed by atoms with Gasteiger partial charge in [0.1, 0.15) is 0 Å². The number of nitrogens with one attached hydrogen (secondary N) is 2. The first-order chi connectivity index (χ1) is 26.9. The predicted octanol–water partition coefficient (Wildman–Crippen LogP) is 2.92. The summed E-state index contributed by atoms with van der Waals surface area (Å²) in [6.45, 7) is 14.3. The van der Waals surface area contributed by atoms with E-state index in [0.29, 0.717) is 114 Å². The molecule has 0 atom stereocenters. The Labute approximate surface area is 334 Å². The fraction of sp³-hybridized carbons (Fsp3) is 0.667. The zero-order valence-corrected chi connectivity index (χ0v) is 35.4. The van der Waals surface area contributed by atoms with Gasteiger partial charge in [0.15, 0.2) is 11.2 Å². The minimum Gasteiger partial charge on any atom is -0.384 e. The van der Waals surface area contributed by atoms with Gasteiger partial charge in [0, 0.05) is 38.4 Å². The minimum absolute atomic E-state index is 0.0961. The largest absolute Gasteiger partial charge is 0.384 e. The van der Waals surface area contributed by atoms with Gasteiger partial charge in [-0.1, -0.05) is 27.7 Å². The van der Waals surface area contributed by atoms with E-state index < -0.39 is 38.8 Å². The molecule has 1 aromatic heterocycles. The molecule has 21 heteroatoms. The van der Waals surface area contributed by atoms with Crippen molar-refractivity contribution in [1.82, 2.24) is 15.1 Å². The molecule has 2 amide bonds. The Bertz CT molecular complexity index is 1650. The van der Waals surface area contributed by atoms with E-state index in [0.717, 1.165) is 11.4 Å². The number of primary amides is 1. The number of aryl methyl sites for hydroxylation is 1. The van der Waals surface area contributed by atoms with Crippen LogP contribution in [0.25, 0.3) is 5.69 Å². The molecule has 0 radical (unpaired) electrons. The van der Waals surface area contributed by atoms with Crippen molar-refractivity contribution in [2.24, 2.45) is 11.1 Å². The number of rotatable bonds is 27. The monoisotopic (exact) mass is 849 g/mol. The van der Waals surface area contributed by atoms with Crippen LogP contribution in [0.15, 0.2) is 18.2 Å². The van der Waals surface area contributed by atoms with Gasteiger partial charge < -0.3 is 59.6 Å². The standard InChI is InChI=1S/C34H55N5O14P2.C2H6/c1-24-32-28(22-34(2,3)23-29(32)40)39(38-24)25-6-7-26(33(35)42)27(20-25)36-8-4-10-49-12-14-51-16-18-53-19-17-52-15-13-50-11-5-9-37-30(41)21-31(54(43,44)45)55(46,47)48;1-2/h6-7,20,31,36H,4-5,8-19,21-23H2,1-3H3,(H2,35,42)(H,37,41)(H2,43,44,45)(H2,46,47,48);1-2H3. The van der Waals surface area contributed by atoms with E-state index in [1.54, 1.807) is 16.8 Å². The van der Waals surface area contributed by atoms with Crippen LogP contribution >= 0.6 is 15.2 Å². The summed E-state index contributed by atoms with van der Waals surface area (Å²) in [5, 5.41) is 7.93. The van der Waals surface area contributed by atoms with E-state index in [1.807, 2.05) is 26.8 Å². The summed E-state index contributed by atoms with van der Waals surface area (Å²) in [5.74, 6) is -1.34. The van der Waals surface area contributed by atoms with Crippen LogP contribution in [0.3, 0.4) is 0 Å². The Morgan fingerprint density at radius 2 is 1.33 bits per heavy atom. The lowest BCUT2D eigenvalue weighted by Gasteiger charge is -2.29. The van der Waals surface area contributed by atoms with Gasteiger partial charge in [0.25, 0.3) is 5.91 Å². The second-order valence-corrected chi connectivity index (χ2v) is 17.8. The maximum absolute atomic E-state index is 12.8. The van der Waals surface area contributed by atoms with E-state index in [1.165, 1.54) is 0 Å². The molecule has 1 aromatic carbocycles. The predicted molar refractivity (Wildman–Crippen MR) is 212 cm³/mol. The third-order valence-corrected chi connectivity index (χ3v) is 12.2. The molecule has 57 heavy (non-hydrogen) atoms. The summed E-state index contributed by atoms with van der Waals surface area (Å²) in [4.78, 5) is 73.0. The second-order valence-electron chi connectivity index (χ2n) is 13.8. The summed E-state index contributed by atoms with van der Waals surface area (Å²) in [6, 6.07) is 5.28. The fourth-order valence-electron chi connectivity index (χ4n) is 5.83. The van der Waals surface area contributed by atoms with Crippen molar-refractivity contribution in [3.05, 3.63) is 40.7 Å². The van der Waals surface area contributed by atoms with Crippen molar-refractivity contribution in [3.63, 3.8) is 0 Å². The lowest BCUT2D eigenvalue weighted by molar-refractivity contribution is -0.121. The molecule has 0 saturated heterocycles. The molecule has 1 aliphatic rings. The van der Waals surface area contributed by atoms with Gasteiger partial charge in [-0.25, -0.2) is 4.68 Å². The SMILES string of the molecule is CC.Cc1nn(-c2ccc(C(N)=O)c(NCCCOCCOCCOCCOCCOCCCNC(=O)CC(P(=O)(O)O)P(=O)(O)O)c2)c2c1C(=O)CC(C)(C)C2. The van der Waals surface area contributed by atoms with Crippen molar-refractivity contribution in [2.75, 3.05) is 84.5 Å². The number of fused-ring (bicyclic) bond motifs is 1. The normalized spacial score (nSPS) is 13.9. The molecule has 324 valence electrons. The molecule has 0 aliphatic heterocycles. The van der Waals surface area contributed by atoms with Crippen LogP contribution in [-0.4, -0.2) is 132 Å². The fourth-order valence-corrected chi connectivity index (χ4v) is 8.21. The molecule has 1 aliphatic carbocycles. The molecule has 0 unspecified atom stereocenters. The zero-order valence-electron chi connectivity index (χ0n) is 33.6. The van der Waals surface area contributed by atoms with Crippen LogP contribution in [0, 0.1) is 12.3 Å². The second kappa shape index (κ2) is 24.8. The number of hydrogen-bond acceptors (Lipinski definition) is 12. The topological polar surface area (TPSA) is 280 Å². The first-order valence-electron chi connectivity index (χ1n) is 19.0. The van der Waals surface area contributed by atoms with E-state index in [-0.39, 0.29) is 24.3 Å². The van der Waals surface area contributed by atoms with Crippen molar-refractivity contribution in [1.29, 1.82) is 0 Å². The first kappa shape index (κ1) is 50.1. The number of anilines is 1. The number of carbonyl (C=O) groups excluding carboxylic acids is 3. The number of nitrogens with two attached hydrogens (primary N) is 1. The molecule has 2 aromatic rings. The lowest BCUT2D eigenvalue weighted by Crippen LogP contribution is -2.29. The molecule has 8 N–H and O–H groups in total. The lowest BCUT2D eigenvalue weighted by atomic mass is 9.75. The number of hydrogen-bond donors (Lipinski definition) is 7. The number of benzene rings is 1. The maximum Gasteiger partial charge on any atom is 0.341 e.